The van der Waals surface area contributed by atoms with Crippen molar-refractivity contribution in [1.82, 2.24) is 4.72 Å². The zero-order chi connectivity index (χ0) is 17.8. The van der Waals surface area contributed by atoms with Crippen LogP contribution in [0.2, 0.25) is 0 Å². The van der Waals surface area contributed by atoms with Gasteiger partial charge in [-0.3, -0.25) is 0 Å². The first kappa shape index (κ1) is 18.2. The third-order valence-electron chi connectivity index (χ3n) is 2.95. The summed E-state index contributed by atoms with van der Waals surface area (Å²) in [6.45, 7) is -0.322. The van der Waals surface area contributed by atoms with E-state index in [1.807, 2.05) is 0 Å². The molecule has 0 fully saturated rings. The van der Waals surface area contributed by atoms with E-state index in [2.05, 4.69) is 4.72 Å². The van der Waals surface area contributed by atoms with E-state index in [0.717, 1.165) is 36.4 Å². The molecule has 2 rings (SSSR count). The van der Waals surface area contributed by atoms with Gasteiger partial charge in [-0.25, -0.2) is 17.5 Å². The average molecular weight is 363 g/mol. The SMILES string of the molecule is O=S(=O)(NCCOc1cccc(C(F)(F)F)c1)c1ccc(F)cc1. The van der Waals surface area contributed by atoms with Crippen LogP contribution in [-0.2, 0) is 16.2 Å². The van der Waals surface area contributed by atoms with Gasteiger partial charge in [-0.2, -0.15) is 13.2 Å². The molecular formula is C15H13F4NO3S. The number of alkyl halides is 3. The highest BCUT2D eigenvalue weighted by atomic mass is 32.2. The first-order chi connectivity index (χ1) is 11.2. The van der Waals surface area contributed by atoms with Crippen molar-refractivity contribution < 1.29 is 30.7 Å². The van der Waals surface area contributed by atoms with Crippen molar-refractivity contribution >= 4 is 10.0 Å². The number of nitrogens with one attached hydrogen (secondary N) is 1. The normalized spacial score (nSPS) is 12.2. The van der Waals surface area contributed by atoms with E-state index in [-0.39, 0.29) is 23.8 Å². The molecule has 0 aromatic heterocycles. The fourth-order valence-corrected chi connectivity index (χ4v) is 2.82. The minimum atomic E-state index is -4.48. The molecule has 0 radical (unpaired) electrons. The highest BCUT2D eigenvalue weighted by Gasteiger charge is 2.30. The molecule has 0 unspecified atom stereocenters. The first-order valence-electron chi connectivity index (χ1n) is 6.74. The van der Waals surface area contributed by atoms with E-state index in [1.54, 1.807) is 0 Å². The number of halogens is 4. The lowest BCUT2D eigenvalue weighted by molar-refractivity contribution is -0.137. The fourth-order valence-electron chi connectivity index (χ4n) is 1.80. The van der Waals surface area contributed by atoms with Crippen LogP contribution in [0.25, 0.3) is 0 Å². The summed E-state index contributed by atoms with van der Waals surface area (Å²) >= 11 is 0. The summed E-state index contributed by atoms with van der Waals surface area (Å²) in [4.78, 5) is -0.122. The van der Waals surface area contributed by atoms with E-state index in [0.29, 0.717) is 0 Å². The van der Waals surface area contributed by atoms with Crippen LogP contribution in [0.1, 0.15) is 5.56 Å². The van der Waals surface area contributed by atoms with Gasteiger partial charge in [0.25, 0.3) is 0 Å². The minimum Gasteiger partial charge on any atom is -0.492 e. The highest BCUT2D eigenvalue weighted by Crippen LogP contribution is 2.31. The van der Waals surface area contributed by atoms with Crippen molar-refractivity contribution in [2.75, 3.05) is 13.2 Å². The molecule has 0 bridgehead atoms. The van der Waals surface area contributed by atoms with Gasteiger partial charge in [-0.15, -0.1) is 0 Å². The smallest absolute Gasteiger partial charge is 0.416 e. The number of benzene rings is 2. The molecule has 0 heterocycles. The molecule has 130 valence electrons. The summed E-state index contributed by atoms with van der Waals surface area (Å²) in [7, 11) is -3.84. The van der Waals surface area contributed by atoms with Crippen molar-refractivity contribution in [3.8, 4) is 5.75 Å². The quantitative estimate of drug-likeness (QED) is 0.633. The van der Waals surface area contributed by atoms with Gasteiger partial charge in [0.15, 0.2) is 0 Å². The van der Waals surface area contributed by atoms with Crippen LogP contribution in [-0.4, -0.2) is 21.6 Å². The van der Waals surface area contributed by atoms with Crippen LogP contribution >= 0.6 is 0 Å². The Hall–Kier alpha value is -2.13. The van der Waals surface area contributed by atoms with Crippen LogP contribution in [0.5, 0.6) is 5.75 Å². The standard InChI is InChI=1S/C15H13F4NO3S/c16-12-4-6-14(7-5-12)24(21,22)20-8-9-23-13-3-1-2-11(10-13)15(17,18)19/h1-7,10,20H,8-9H2. The molecule has 0 saturated heterocycles. The summed E-state index contributed by atoms with van der Waals surface area (Å²) in [5, 5.41) is 0. The Morgan fingerprint density at radius 2 is 1.71 bits per heavy atom. The van der Waals surface area contributed by atoms with E-state index in [9.17, 15) is 26.0 Å². The molecule has 4 nitrogen and oxygen atoms in total. The summed E-state index contributed by atoms with van der Waals surface area (Å²) in [5.74, 6) is -0.590. The van der Waals surface area contributed by atoms with E-state index >= 15 is 0 Å². The van der Waals surface area contributed by atoms with Gasteiger partial charge in [0.05, 0.1) is 10.5 Å². The molecule has 1 N–H and O–H groups in total. The molecular weight excluding hydrogens is 350 g/mol. The number of ether oxygens (including phenoxy) is 1. The maximum absolute atomic E-state index is 12.8. The molecule has 0 saturated carbocycles. The summed E-state index contributed by atoms with van der Waals surface area (Å²) < 4.78 is 81.6. The average Bonchev–Trinajstić information content (AvgIpc) is 2.51. The van der Waals surface area contributed by atoms with Crippen LogP contribution < -0.4 is 9.46 Å². The van der Waals surface area contributed by atoms with E-state index in [4.69, 9.17) is 4.74 Å². The van der Waals surface area contributed by atoms with E-state index in [1.165, 1.54) is 12.1 Å². The molecule has 0 atom stereocenters. The Bertz CT molecular complexity index is 789. The maximum Gasteiger partial charge on any atom is 0.416 e. The number of rotatable bonds is 6. The third kappa shape index (κ3) is 4.93. The lowest BCUT2D eigenvalue weighted by atomic mass is 10.2. The number of sulfonamides is 1. The number of hydrogen-bond donors (Lipinski definition) is 1. The molecule has 2 aromatic carbocycles. The summed E-state index contributed by atoms with van der Waals surface area (Å²) in [6.07, 6.45) is -4.48. The van der Waals surface area contributed by atoms with Gasteiger partial charge in [0, 0.05) is 6.54 Å². The maximum atomic E-state index is 12.8. The topological polar surface area (TPSA) is 55.4 Å². The van der Waals surface area contributed by atoms with E-state index < -0.39 is 27.6 Å². The van der Waals surface area contributed by atoms with Crippen LogP contribution in [0.4, 0.5) is 17.6 Å². The Labute approximate surface area is 136 Å². The molecule has 2 aromatic rings. The van der Waals surface area contributed by atoms with Gasteiger partial charge in [-0.1, -0.05) is 6.07 Å². The summed E-state index contributed by atoms with van der Waals surface area (Å²) in [6, 6.07) is 8.49. The van der Waals surface area contributed by atoms with Crippen molar-refractivity contribution in [2.45, 2.75) is 11.1 Å². The molecule has 0 aliphatic carbocycles. The van der Waals surface area contributed by atoms with Crippen LogP contribution in [0.15, 0.2) is 53.4 Å². The summed E-state index contributed by atoms with van der Waals surface area (Å²) in [5.41, 5.74) is -0.855. The van der Waals surface area contributed by atoms with Gasteiger partial charge in [0.1, 0.15) is 18.2 Å². The predicted octanol–water partition coefficient (Wildman–Crippen LogP) is 3.20. The van der Waals surface area contributed by atoms with Gasteiger partial charge < -0.3 is 4.74 Å². The van der Waals surface area contributed by atoms with Crippen molar-refractivity contribution in [3.05, 3.63) is 59.9 Å². The molecule has 0 aliphatic heterocycles. The zero-order valence-corrected chi connectivity index (χ0v) is 13.0. The van der Waals surface area contributed by atoms with Crippen LogP contribution in [0.3, 0.4) is 0 Å². The number of hydrogen-bond acceptors (Lipinski definition) is 3. The molecule has 0 amide bonds. The predicted molar refractivity (Wildman–Crippen MR) is 78.5 cm³/mol. The third-order valence-corrected chi connectivity index (χ3v) is 4.43. The second-order valence-corrected chi connectivity index (χ2v) is 6.49. The second-order valence-electron chi connectivity index (χ2n) is 4.73. The monoisotopic (exact) mass is 363 g/mol. The van der Waals surface area contributed by atoms with Crippen molar-refractivity contribution in [1.29, 1.82) is 0 Å². The lowest BCUT2D eigenvalue weighted by Gasteiger charge is -2.11. The molecule has 0 aliphatic rings. The Kier molecular flexibility index (Phi) is 5.45. The molecule has 9 heteroatoms. The van der Waals surface area contributed by atoms with Crippen molar-refractivity contribution in [3.63, 3.8) is 0 Å². The first-order valence-corrected chi connectivity index (χ1v) is 8.22. The second kappa shape index (κ2) is 7.18. The zero-order valence-electron chi connectivity index (χ0n) is 12.2. The largest absolute Gasteiger partial charge is 0.492 e. The van der Waals surface area contributed by atoms with Crippen molar-refractivity contribution in [2.24, 2.45) is 0 Å². The highest BCUT2D eigenvalue weighted by molar-refractivity contribution is 7.89. The molecule has 0 spiro atoms. The van der Waals surface area contributed by atoms with Crippen LogP contribution in [0, 0.1) is 5.82 Å². The Balaban J connectivity index is 1.90. The Morgan fingerprint density at radius 1 is 1.04 bits per heavy atom. The van der Waals surface area contributed by atoms with Gasteiger partial charge >= 0.3 is 6.18 Å². The van der Waals surface area contributed by atoms with Gasteiger partial charge in [0.2, 0.25) is 10.0 Å². The fraction of sp³-hybridized carbons (Fsp3) is 0.200. The molecule has 24 heavy (non-hydrogen) atoms. The lowest BCUT2D eigenvalue weighted by Crippen LogP contribution is -2.28. The Morgan fingerprint density at radius 3 is 2.33 bits per heavy atom. The van der Waals surface area contributed by atoms with Gasteiger partial charge in [-0.05, 0) is 42.5 Å². The minimum absolute atomic E-state index is 0.0224.